The van der Waals surface area contributed by atoms with Crippen molar-refractivity contribution in [3.63, 3.8) is 0 Å². The average molecular weight is 275 g/mol. The van der Waals surface area contributed by atoms with E-state index in [1.165, 1.54) is 6.07 Å². The fraction of sp³-hybridized carbons (Fsp3) is 0.467. The highest BCUT2D eigenvalue weighted by Gasteiger charge is 2.26. The van der Waals surface area contributed by atoms with Gasteiger partial charge in [0, 0.05) is 33.1 Å². The number of aryl methyl sites for hydroxylation is 1. The molecular formula is C15H18FN3O. The third-order valence-electron chi connectivity index (χ3n) is 3.74. The Morgan fingerprint density at radius 3 is 2.50 bits per heavy atom. The first-order valence-electron chi connectivity index (χ1n) is 6.68. The van der Waals surface area contributed by atoms with Gasteiger partial charge in [-0.3, -0.25) is 9.69 Å². The summed E-state index contributed by atoms with van der Waals surface area (Å²) in [7, 11) is 0. The van der Waals surface area contributed by atoms with Gasteiger partial charge in [0.1, 0.15) is 11.9 Å². The number of nitriles is 1. The van der Waals surface area contributed by atoms with Gasteiger partial charge in [-0.2, -0.15) is 5.26 Å². The summed E-state index contributed by atoms with van der Waals surface area (Å²) in [6, 6.07) is 6.68. The lowest BCUT2D eigenvalue weighted by molar-refractivity contribution is -0.130. The zero-order chi connectivity index (χ0) is 14.7. The van der Waals surface area contributed by atoms with Crippen molar-refractivity contribution in [1.29, 1.82) is 5.26 Å². The van der Waals surface area contributed by atoms with E-state index < -0.39 is 0 Å². The second-order valence-corrected chi connectivity index (χ2v) is 5.08. The predicted octanol–water partition coefficient (Wildman–Crippen LogP) is 1.86. The van der Waals surface area contributed by atoms with Crippen LogP contribution >= 0.6 is 0 Å². The number of carbonyl (C=O) groups excluding carboxylic acids is 1. The van der Waals surface area contributed by atoms with Gasteiger partial charge in [0.2, 0.25) is 5.91 Å². The minimum atomic E-state index is -0.386. The zero-order valence-electron chi connectivity index (χ0n) is 11.8. The lowest BCUT2D eigenvalue weighted by Gasteiger charge is -2.36. The van der Waals surface area contributed by atoms with Gasteiger partial charge < -0.3 is 4.90 Å². The second-order valence-electron chi connectivity index (χ2n) is 5.08. The number of hydrogen-bond donors (Lipinski definition) is 0. The molecule has 1 amide bonds. The standard InChI is InChI=1S/C15H18FN3O/c1-11-9-13(3-4-14(11)16)15(10-17)19-7-5-18(6-8-19)12(2)20/h3-4,9,15H,5-8H2,1-2H3. The second kappa shape index (κ2) is 6.02. The number of hydrogen-bond acceptors (Lipinski definition) is 3. The molecule has 1 aliphatic heterocycles. The Kier molecular flexibility index (Phi) is 4.35. The van der Waals surface area contributed by atoms with Gasteiger partial charge >= 0.3 is 0 Å². The van der Waals surface area contributed by atoms with E-state index in [1.807, 2.05) is 4.90 Å². The molecule has 0 saturated carbocycles. The van der Waals surface area contributed by atoms with Gasteiger partial charge in [-0.25, -0.2) is 4.39 Å². The largest absolute Gasteiger partial charge is 0.340 e. The van der Waals surface area contributed by atoms with Crippen LogP contribution in [0.4, 0.5) is 4.39 Å². The maximum absolute atomic E-state index is 13.3. The molecule has 1 saturated heterocycles. The summed E-state index contributed by atoms with van der Waals surface area (Å²) >= 11 is 0. The number of nitrogens with zero attached hydrogens (tertiary/aromatic N) is 3. The van der Waals surface area contributed by atoms with Crippen molar-refractivity contribution in [2.75, 3.05) is 26.2 Å². The van der Waals surface area contributed by atoms with E-state index in [2.05, 4.69) is 6.07 Å². The highest BCUT2D eigenvalue weighted by atomic mass is 19.1. The molecule has 0 bridgehead atoms. The van der Waals surface area contributed by atoms with Crippen LogP contribution < -0.4 is 0 Å². The van der Waals surface area contributed by atoms with E-state index in [0.717, 1.165) is 5.56 Å². The van der Waals surface area contributed by atoms with E-state index in [-0.39, 0.29) is 17.8 Å². The summed E-state index contributed by atoms with van der Waals surface area (Å²) in [4.78, 5) is 15.1. The van der Waals surface area contributed by atoms with E-state index in [9.17, 15) is 14.4 Å². The van der Waals surface area contributed by atoms with Crippen molar-refractivity contribution >= 4 is 5.91 Å². The van der Waals surface area contributed by atoms with E-state index in [0.29, 0.717) is 31.7 Å². The first-order valence-corrected chi connectivity index (χ1v) is 6.68. The molecule has 0 aromatic heterocycles. The SMILES string of the molecule is CC(=O)N1CCN(C(C#N)c2ccc(F)c(C)c2)CC1. The van der Waals surface area contributed by atoms with Crippen molar-refractivity contribution < 1.29 is 9.18 Å². The molecule has 0 N–H and O–H groups in total. The first kappa shape index (κ1) is 14.5. The van der Waals surface area contributed by atoms with Crippen LogP contribution in [0.25, 0.3) is 0 Å². The van der Waals surface area contributed by atoms with E-state index in [4.69, 9.17) is 0 Å². The molecule has 1 aromatic carbocycles. The van der Waals surface area contributed by atoms with E-state index >= 15 is 0 Å². The lowest BCUT2D eigenvalue weighted by Crippen LogP contribution is -2.48. The fourth-order valence-corrected chi connectivity index (χ4v) is 2.50. The minimum Gasteiger partial charge on any atom is -0.340 e. The molecule has 0 spiro atoms. The molecule has 1 aliphatic rings. The van der Waals surface area contributed by atoms with Crippen LogP contribution in [0.5, 0.6) is 0 Å². The average Bonchev–Trinajstić information content (AvgIpc) is 2.44. The summed E-state index contributed by atoms with van der Waals surface area (Å²) in [6.45, 7) is 5.84. The van der Waals surface area contributed by atoms with Crippen LogP contribution in [0.3, 0.4) is 0 Å². The Bertz CT molecular complexity index is 545. The topological polar surface area (TPSA) is 47.3 Å². The van der Waals surface area contributed by atoms with E-state index in [1.54, 1.807) is 30.9 Å². The third kappa shape index (κ3) is 2.97. The molecule has 2 rings (SSSR count). The number of benzene rings is 1. The van der Waals surface area contributed by atoms with Gasteiger partial charge in [0.25, 0.3) is 0 Å². The molecule has 20 heavy (non-hydrogen) atoms. The van der Waals surface area contributed by atoms with Crippen LogP contribution in [0, 0.1) is 24.1 Å². The highest BCUT2D eigenvalue weighted by molar-refractivity contribution is 5.73. The number of rotatable bonds is 2. The Hall–Kier alpha value is -1.93. The highest BCUT2D eigenvalue weighted by Crippen LogP contribution is 2.23. The summed E-state index contributed by atoms with van der Waals surface area (Å²) in [5, 5.41) is 9.40. The molecule has 0 aliphatic carbocycles. The number of halogens is 1. The predicted molar refractivity (Wildman–Crippen MR) is 73.3 cm³/mol. The Labute approximate surface area is 118 Å². The summed E-state index contributed by atoms with van der Waals surface area (Å²) in [6.07, 6.45) is 0. The minimum absolute atomic E-state index is 0.0655. The van der Waals surface area contributed by atoms with Crippen molar-refractivity contribution in [3.05, 3.63) is 35.1 Å². The Morgan fingerprint density at radius 1 is 1.35 bits per heavy atom. The smallest absolute Gasteiger partial charge is 0.219 e. The quantitative estimate of drug-likeness (QED) is 0.827. The zero-order valence-corrected chi connectivity index (χ0v) is 11.8. The summed E-state index contributed by atoms with van der Waals surface area (Å²) in [5.74, 6) is -0.192. The normalized spacial score (nSPS) is 17.6. The fourth-order valence-electron chi connectivity index (χ4n) is 2.50. The number of piperazine rings is 1. The van der Waals surface area contributed by atoms with Crippen molar-refractivity contribution in [1.82, 2.24) is 9.80 Å². The van der Waals surface area contributed by atoms with Crippen molar-refractivity contribution in [3.8, 4) is 6.07 Å². The van der Waals surface area contributed by atoms with Crippen LogP contribution in [0.1, 0.15) is 24.1 Å². The molecule has 1 atom stereocenters. The first-order chi connectivity index (χ1) is 9.52. The summed E-state index contributed by atoms with van der Waals surface area (Å²) < 4.78 is 13.3. The van der Waals surface area contributed by atoms with Crippen LogP contribution in [0.15, 0.2) is 18.2 Å². The van der Waals surface area contributed by atoms with Gasteiger partial charge in [0.05, 0.1) is 6.07 Å². The van der Waals surface area contributed by atoms with Crippen LogP contribution in [-0.4, -0.2) is 41.9 Å². The van der Waals surface area contributed by atoms with Gasteiger partial charge in [-0.05, 0) is 24.1 Å². The molecule has 106 valence electrons. The maximum Gasteiger partial charge on any atom is 0.219 e. The van der Waals surface area contributed by atoms with Gasteiger partial charge in [0.15, 0.2) is 0 Å². The number of carbonyl (C=O) groups is 1. The van der Waals surface area contributed by atoms with Crippen LogP contribution in [0.2, 0.25) is 0 Å². The van der Waals surface area contributed by atoms with Crippen LogP contribution in [-0.2, 0) is 4.79 Å². The molecule has 1 unspecified atom stereocenters. The third-order valence-corrected chi connectivity index (χ3v) is 3.74. The number of amides is 1. The Morgan fingerprint density at radius 2 is 2.00 bits per heavy atom. The molecule has 1 aromatic rings. The molecule has 1 heterocycles. The molecular weight excluding hydrogens is 257 g/mol. The lowest BCUT2D eigenvalue weighted by atomic mass is 10.0. The van der Waals surface area contributed by atoms with Gasteiger partial charge in [-0.1, -0.05) is 12.1 Å². The molecule has 1 fully saturated rings. The summed E-state index contributed by atoms with van der Waals surface area (Å²) in [5.41, 5.74) is 1.35. The van der Waals surface area contributed by atoms with Crippen molar-refractivity contribution in [2.45, 2.75) is 19.9 Å². The molecule has 4 nitrogen and oxygen atoms in total. The van der Waals surface area contributed by atoms with Crippen molar-refractivity contribution in [2.24, 2.45) is 0 Å². The maximum atomic E-state index is 13.3. The monoisotopic (exact) mass is 275 g/mol. The molecule has 5 heteroatoms. The molecule has 0 radical (unpaired) electrons. The Balaban J connectivity index is 2.12. The van der Waals surface area contributed by atoms with Gasteiger partial charge in [-0.15, -0.1) is 0 Å².